The lowest BCUT2D eigenvalue weighted by Gasteiger charge is -2.19. The van der Waals surface area contributed by atoms with Gasteiger partial charge in [0.25, 0.3) is 5.56 Å². The van der Waals surface area contributed by atoms with E-state index in [0.29, 0.717) is 23.3 Å². The van der Waals surface area contributed by atoms with E-state index in [4.69, 9.17) is 4.42 Å². The zero-order valence-electron chi connectivity index (χ0n) is 17.6. The van der Waals surface area contributed by atoms with Gasteiger partial charge in [0.15, 0.2) is 0 Å². The van der Waals surface area contributed by atoms with Crippen molar-refractivity contribution in [1.82, 2.24) is 19.4 Å². The molecule has 0 unspecified atom stereocenters. The molecule has 1 amide bonds. The number of aryl methyl sites for hydroxylation is 1. The van der Waals surface area contributed by atoms with Crippen molar-refractivity contribution in [2.45, 2.75) is 19.9 Å². The highest BCUT2D eigenvalue weighted by Gasteiger charge is 2.23. The first-order valence-corrected chi connectivity index (χ1v) is 10.2. The van der Waals surface area contributed by atoms with E-state index < -0.39 is 0 Å². The molecule has 0 saturated carbocycles. The Morgan fingerprint density at radius 2 is 2.03 bits per heavy atom. The number of amides is 1. The van der Waals surface area contributed by atoms with Crippen molar-refractivity contribution in [1.29, 1.82) is 0 Å². The molecule has 8 heteroatoms. The largest absolute Gasteiger partial charge is 0.459 e. The molecule has 4 rings (SSSR count). The highest BCUT2D eigenvalue weighted by molar-refractivity contribution is 5.96. The number of furan rings is 1. The van der Waals surface area contributed by atoms with E-state index in [0.717, 1.165) is 49.5 Å². The number of likely N-dealkylation sites (N-methyl/N-ethyl adjacent to an activating group) is 1. The van der Waals surface area contributed by atoms with Gasteiger partial charge >= 0.3 is 0 Å². The molecule has 4 heterocycles. The summed E-state index contributed by atoms with van der Waals surface area (Å²) in [7, 11) is 3.87. The Kier molecular flexibility index (Phi) is 5.69. The minimum Gasteiger partial charge on any atom is -0.459 e. The zero-order chi connectivity index (χ0) is 21.3. The van der Waals surface area contributed by atoms with E-state index >= 15 is 0 Å². The number of pyridine rings is 2. The van der Waals surface area contributed by atoms with Crippen molar-refractivity contribution in [3.8, 4) is 11.1 Å². The van der Waals surface area contributed by atoms with Crippen LogP contribution in [0.15, 0.2) is 39.8 Å². The van der Waals surface area contributed by atoms with Crippen LogP contribution in [0.4, 0.5) is 5.82 Å². The van der Waals surface area contributed by atoms with Crippen LogP contribution in [0.2, 0.25) is 0 Å². The van der Waals surface area contributed by atoms with Gasteiger partial charge in [0.1, 0.15) is 17.2 Å². The van der Waals surface area contributed by atoms with Crippen molar-refractivity contribution in [3.05, 3.63) is 46.7 Å². The summed E-state index contributed by atoms with van der Waals surface area (Å²) in [6.07, 6.45) is 4.45. The van der Waals surface area contributed by atoms with Gasteiger partial charge in [-0.3, -0.25) is 14.5 Å². The number of rotatable bonds is 4. The van der Waals surface area contributed by atoms with Crippen molar-refractivity contribution in [3.63, 3.8) is 0 Å². The number of carbonyl (C=O) groups excluding carboxylic acids is 1. The molecule has 1 aliphatic heterocycles. The lowest BCUT2D eigenvalue weighted by atomic mass is 10.0. The molecular formula is C22H27N5O3. The van der Waals surface area contributed by atoms with Crippen LogP contribution < -0.4 is 10.9 Å². The third kappa shape index (κ3) is 4.15. The Bertz CT molecular complexity index is 1130. The Hall–Kier alpha value is -2.97. The van der Waals surface area contributed by atoms with Crippen LogP contribution in [0.3, 0.4) is 0 Å². The number of carbonyl (C=O) groups is 1. The van der Waals surface area contributed by atoms with Crippen molar-refractivity contribution in [2.24, 2.45) is 7.05 Å². The first-order valence-electron chi connectivity index (χ1n) is 10.2. The normalized spacial score (nSPS) is 16.0. The maximum Gasteiger partial charge on any atom is 0.262 e. The summed E-state index contributed by atoms with van der Waals surface area (Å²) in [6.45, 7) is 6.07. The molecule has 3 aromatic heterocycles. The molecule has 0 spiro atoms. The summed E-state index contributed by atoms with van der Waals surface area (Å²) in [5, 5.41) is 3.27. The minimum atomic E-state index is -0.193. The molecule has 3 aromatic rings. The molecule has 158 valence electrons. The summed E-state index contributed by atoms with van der Waals surface area (Å²) in [5.41, 5.74) is 2.05. The fraction of sp³-hybridized carbons (Fsp3) is 0.409. The van der Waals surface area contributed by atoms with Crippen molar-refractivity contribution < 1.29 is 9.21 Å². The topological polar surface area (TPSA) is 83.6 Å². The summed E-state index contributed by atoms with van der Waals surface area (Å²) in [5.74, 6) is 1.02. The van der Waals surface area contributed by atoms with E-state index in [2.05, 4.69) is 27.1 Å². The summed E-state index contributed by atoms with van der Waals surface area (Å²) in [4.78, 5) is 33.4. The first-order chi connectivity index (χ1) is 14.4. The smallest absolute Gasteiger partial charge is 0.262 e. The monoisotopic (exact) mass is 409 g/mol. The second-order valence-electron chi connectivity index (χ2n) is 7.92. The predicted octanol–water partition coefficient (Wildman–Crippen LogP) is 2.29. The fourth-order valence-electron chi connectivity index (χ4n) is 3.96. The van der Waals surface area contributed by atoms with Crippen LogP contribution in [0.5, 0.6) is 0 Å². The molecule has 1 N–H and O–H groups in total. The maximum atomic E-state index is 13.0. The average molecular weight is 409 g/mol. The molecular weight excluding hydrogens is 382 g/mol. The second-order valence-corrected chi connectivity index (χ2v) is 7.92. The molecule has 8 nitrogen and oxygen atoms in total. The Balaban J connectivity index is 1.82. The fourth-order valence-corrected chi connectivity index (χ4v) is 3.96. The molecule has 1 fully saturated rings. The Morgan fingerprint density at radius 1 is 1.20 bits per heavy atom. The molecule has 0 radical (unpaired) electrons. The molecule has 1 aliphatic rings. The van der Waals surface area contributed by atoms with Crippen LogP contribution >= 0.6 is 0 Å². The van der Waals surface area contributed by atoms with Gasteiger partial charge < -0.3 is 19.2 Å². The Morgan fingerprint density at radius 3 is 2.83 bits per heavy atom. The molecule has 0 atom stereocenters. The van der Waals surface area contributed by atoms with Crippen molar-refractivity contribution >= 4 is 22.7 Å². The van der Waals surface area contributed by atoms with E-state index in [9.17, 15) is 9.59 Å². The minimum absolute atomic E-state index is 0.106. The lowest BCUT2D eigenvalue weighted by molar-refractivity contribution is -0.114. The van der Waals surface area contributed by atoms with E-state index in [1.807, 2.05) is 12.1 Å². The quantitative estimate of drug-likeness (QED) is 0.712. The van der Waals surface area contributed by atoms with Gasteiger partial charge in [-0.2, -0.15) is 0 Å². The van der Waals surface area contributed by atoms with E-state index in [-0.39, 0.29) is 11.5 Å². The average Bonchev–Trinajstić information content (AvgIpc) is 2.94. The third-order valence-electron chi connectivity index (χ3n) is 5.52. The molecule has 0 aromatic carbocycles. The van der Waals surface area contributed by atoms with Crippen LogP contribution in [-0.4, -0.2) is 58.5 Å². The number of anilines is 1. The predicted molar refractivity (Wildman–Crippen MR) is 116 cm³/mol. The Labute approximate surface area is 175 Å². The molecule has 1 saturated heterocycles. The highest BCUT2D eigenvalue weighted by atomic mass is 16.3. The van der Waals surface area contributed by atoms with Gasteiger partial charge in [-0.1, -0.05) is 0 Å². The van der Waals surface area contributed by atoms with Crippen LogP contribution in [0, 0.1) is 0 Å². The van der Waals surface area contributed by atoms with E-state index in [1.54, 1.807) is 30.1 Å². The third-order valence-corrected chi connectivity index (χ3v) is 5.52. The SMILES string of the molecule is CC(=O)Nc1cc(-c2c(CN3CCCN(C)CC3)oc3ccn(C)c(=O)c23)ccn1. The number of nitrogens with zero attached hydrogens (tertiary/aromatic N) is 4. The number of hydrogen-bond acceptors (Lipinski definition) is 6. The standard InChI is InChI=1S/C22H27N5O3/c1-15(28)24-19-13-16(5-7-23-19)20-18(14-27-9-4-8-25(2)11-12-27)30-17-6-10-26(3)22(29)21(17)20/h5-7,10,13H,4,8-9,11-12,14H2,1-3H3,(H,23,24,28). The number of aromatic nitrogens is 2. The van der Waals surface area contributed by atoms with Gasteiger partial charge in [0.05, 0.1) is 11.9 Å². The second kappa shape index (κ2) is 8.41. The number of fused-ring (bicyclic) bond motifs is 1. The van der Waals surface area contributed by atoms with Gasteiger partial charge in [-0.15, -0.1) is 0 Å². The van der Waals surface area contributed by atoms with Gasteiger partial charge in [0.2, 0.25) is 5.91 Å². The molecule has 0 aliphatic carbocycles. The maximum absolute atomic E-state index is 13.0. The summed E-state index contributed by atoms with van der Waals surface area (Å²) < 4.78 is 7.76. The van der Waals surface area contributed by atoms with Gasteiger partial charge in [0, 0.05) is 45.0 Å². The van der Waals surface area contributed by atoms with Crippen LogP contribution in [0.25, 0.3) is 22.1 Å². The molecule has 0 bridgehead atoms. The first kappa shape index (κ1) is 20.3. The van der Waals surface area contributed by atoms with Crippen LogP contribution in [-0.2, 0) is 18.4 Å². The van der Waals surface area contributed by atoms with Gasteiger partial charge in [-0.25, -0.2) is 4.98 Å². The highest BCUT2D eigenvalue weighted by Crippen LogP contribution is 2.34. The number of nitrogens with one attached hydrogen (secondary N) is 1. The zero-order valence-corrected chi connectivity index (χ0v) is 17.6. The molecule has 30 heavy (non-hydrogen) atoms. The summed E-state index contributed by atoms with van der Waals surface area (Å²) in [6, 6.07) is 5.47. The van der Waals surface area contributed by atoms with Crippen molar-refractivity contribution in [2.75, 3.05) is 38.5 Å². The number of hydrogen-bond donors (Lipinski definition) is 1. The van der Waals surface area contributed by atoms with E-state index in [1.165, 1.54) is 6.92 Å². The summed E-state index contributed by atoms with van der Waals surface area (Å²) >= 11 is 0. The van der Waals surface area contributed by atoms with Gasteiger partial charge in [-0.05, 0) is 50.3 Å². The van der Waals surface area contributed by atoms with Crippen LogP contribution in [0.1, 0.15) is 19.1 Å². The lowest BCUT2D eigenvalue weighted by Crippen LogP contribution is -2.28.